The van der Waals surface area contributed by atoms with E-state index in [0.29, 0.717) is 30.0 Å². The Morgan fingerprint density at radius 2 is 1.85 bits per heavy atom. The summed E-state index contributed by atoms with van der Waals surface area (Å²) in [5, 5.41) is 14.0. The number of carbonyl (C=O) groups excluding carboxylic acids is 2. The maximum atomic E-state index is 12.3. The zero-order valence-corrected chi connectivity index (χ0v) is 15.0. The smallest absolute Gasteiger partial charge is 0.303 e. The van der Waals surface area contributed by atoms with Crippen LogP contribution in [0.5, 0.6) is 5.75 Å². The summed E-state index contributed by atoms with van der Waals surface area (Å²) in [4.78, 5) is 35.0. The molecule has 0 radical (unpaired) electrons. The molecule has 2 aromatic rings. The van der Waals surface area contributed by atoms with E-state index in [0.717, 1.165) is 5.56 Å². The summed E-state index contributed by atoms with van der Waals surface area (Å²) in [6.45, 7) is 2.06. The quantitative estimate of drug-likeness (QED) is 0.629. The minimum Gasteiger partial charge on any atom is -0.493 e. The van der Waals surface area contributed by atoms with Crippen LogP contribution in [0, 0.1) is 0 Å². The van der Waals surface area contributed by atoms with Crippen LogP contribution in [0.4, 0.5) is 5.69 Å². The van der Waals surface area contributed by atoms with Gasteiger partial charge in [0.25, 0.3) is 5.91 Å². The van der Waals surface area contributed by atoms with E-state index < -0.39 is 11.9 Å². The van der Waals surface area contributed by atoms with Crippen molar-refractivity contribution < 1.29 is 24.2 Å². The van der Waals surface area contributed by atoms with E-state index in [4.69, 9.17) is 9.84 Å². The number of anilines is 1. The van der Waals surface area contributed by atoms with Crippen LogP contribution in [0.1, 0.15) is 29.3 Å². The zero-order chi connectivity index (χ0) is 19.6. The molecule has 0 saturated carbocycles. The summed E-state index contributed by atoms with van der Waals surface area (Å²) in [6.07, 6.45) is 0.399. The summed E-state index contributed by atoms with van der Waals surface area (Å²) in [6, 6.07) is 13.8. The number of aliphatic carboxylic acids is 1. The number of benzene rings is 2. The second kappa shape index (κ2) is 9.96. The van der Waals surface area contributed by atoms with Crippen LogP contribution in [-0.2, 0) is 16.0 Å². The number of aryl methyl sites for hydroxylation is 1. The van der Waals surface area contributed by atoms with Crippen molar-refractivity contribution in [3.05, 3.63) is 59.7 Å². The number of carboxylic acids is 1. The Balaban J connectivity index is 1.90. The molecule has 0 aliphatic carbocycles. The van der Waals surface area contributed by atoms with E-state index in [2.05, 4.69) is 10.6 Å². The third-order valence-electron chi connectivity index (χ3n) is 3.68. The van der Waals surface area contributed by atoms with E-state index in [1.807, 2.05) is 6.92 Å². The van der Waals surface area contributed by atoms with Crippen molar-refractivity contribution in [3.8, 4) is 5.75 Å². The molecule has 0 aromatic heterocycles. The number of nitrogens with one attached hydrogen (secondary N) is 2. The number of hydrogen-bond acceptors (Lipinski definition) is 4. The topological polar surface area (TPSA) is 105 Å². The minimum absolute atomic E-state index is 0.0205. The number of ether oxygens (including phenoxy) is 1. The van der Waals surface area contributed by atoms with Crippen molar-refractivity contribution in [2.75, 3.05) is 18.5 Å². The average molecular weight is 370 g/mol. The van der Waals surface area contributed by atoms with Crippen molar-refractivity contribution in [3.63, 3.8) is 0 Å². The lowest BCUT2D eigenvalue weighted by Gasteiger charge is -2.11. The largest absolute Gasteiger partial charge is 0.493 e. The van der Waals surface area contributed by atoms with Gasteiger partial charge in [0.05, 0.1) is 18.7 Å². The number of carbonyl (C=O) groups is 3. The lowest BCUT2D eigenvalue weighted by Crippen LogP contribution is -2.33. The molecule has 7 heteroatoms. The van der Waals surface area contributed by atoms with Gasteiger partial charge in [0, 0.05) is 12.1 Å². The van der Waals surface area contributed by atoms with Crippen molar-refractivity contribution in [1.29, 1.82) is 0 Å². The zero-order valence-electron chi connectivity index (χ0n) is 15.0. The molecule has 0 fully saturated rings. The molecule has 0 spiro atoms. The number of rotatable bonds is 9. The Morgan fingerprint density at radius 3 is 2.59 bits per heavy atom. The number of carboxylic acid groups (broad SMARTS) is 1. The lowest BCUT2D eigenvalue weighted by atomic mass is 10.1. The number of hydrogen-bond donors (Lipinski definition) is 3. The van der Waals surface area contributed by atoms with E-state index in [1.54, 1.807) is 48.5 Å². The molecule has 0 saturated heterocycles. The molecule has 0 bridgehead atoms. The second-order valence-electron chi connectivity index (χ2n) is 5.75. The molecule has 7 nitrogen and oxygen atoms in total. The fourth-order valence-electron chi connectivity index (χ4n) is 2.45. The van der Waals surface area contributed by atoms with E-state index >= 15 is 0 Å². The Morgan fingerprint density at radius 1 is 1.07 bits per heavy atom. The van der Waals surface area contributed by atoms with Gasteiger partial charge in [-0.15, -0.1) is 0 Å². The third kappa shape index (κ3) is 6.47. The summed E-state index contributed by atoms with van der Waals surface area (Å²) < 4.78 is 5.41. The summed E-state index contributed by atoms with van der Waals surface area (Å²) >= 11 is 0. The number of amides is 2. The summed E-state index contributed by atoms with van der Waals surface area (Å²) in [7, 11) is 0. The molecular formula is C20H22N2O5. The molecule has 3 N–H and O–H groups in total. The monoisotopic (exact) mass is 370 g/mol. The van der Waals surface area contributed by atoms with Gasteiger partial charge < -0.3 is 20.5 Å². The van der Waals surface area contributed by atoms with Crippen LogP contribution in [0.25, 0.3) is 0 Å². The second-order valence-corrected chi connectivity index (χ2v) is 5.75. The van der Waals surface area contributed by atoms with E-state index in [-0.39, 0.29) is 18.9 Å². The Bertz CT molecular complexity index is 820. The van der Waals surface area contributed by atoms with Crippen LogP contribution in [-0.4, -0.2) is 36.0 Å². The fourth-order valence-corrected chi connectivity index (χ4v) is 2.45. The van der Waals surface area contributed by atoms with Gasteiger partial charge in [-0.3, -0.25) is 14.4 Å². The fraction of sp³-hybridized carbons (Fsp3) is 0.250. The molecule has 2 amide bonds. The van der Waals surface area contributed by atoms with Gasteiger partial charge >= 0.3 is 5.97 Å². The standard InChI is InChI=1S/C20H22N2O5/c1-2-27-17-9-4-3-8-16(17)20(26)21-13-18(23)22-15-7-5-6-14(12-15)10-11-19(24)25/h3-9,12H,2,10-11,13H2,1H3,(H,21,26)(H,22,23)(H,24,25). The molecule has 0 aliphatic rings. The minimum atomic E-state index is -0.875. The molecule has 0 aliphatic heterocycles. The van der Waals surface area contributed by atoms with Crippen LogP contribution in [0.2, 0.25) is 0 Å². The van der Waals surface area contributed by atoms with Crippen LogP contribution in [0.15, 0.2) is 48.5 Å². The van der Waals surface area contributed by atoms with Gasteiger partial charge in [0.1, 0.15) is 5.75 Å². The van der Waals surface area contributed by atoms with Crippen LogP contribution < -0.4 is 15.4 Å². The first-order valence-electron chi connectivity index (χ1n) is 8.60. The van der Waals surface area contributed by atoms with Crippen LogP contribution in [0.3, 0.4) is 0 Å². The highest BCUT2D eigenvalue weighted by atomic mass is 16.5. The predicted octanol–water partition coefficient (Wildman–Crippen LogP) is 2.47. The summed E-state index contributed by atoms with van der Waals surface area (Å²) in [5.41, 5.74) is 1.72. The van der Waals surface area contributed by atoms with E-state index in [9.17, 15) is 14.4 Å². The highest BCUT2D eigenvalue weighted by Crippen LogP contribution is 2.17. The van der Waals surface area contributed by atoms with Gasteiger partial charge in [-0.25, -0.2) is 0 Å². The Kier molecular flexibility index (Phi) is 7.37. The lowest BCUT2D eigenvalue weighted by molar-refractivity contribution is -0.137. The molecule has 0 heterocycles. The normalized spacial score (nSPS) is 10.1. The van der Waals surface area contributed by atoms with Crippen molar-refractivity contribution in [1.82, 2.24) is 5.32 Å². The van der Waals surface area contributed by atoms with Crippen LogP contribution >= 0.6 is 0 Å². The molecule has 142 valence electrons. The van der Waals surface area contributed by atoms with Gasteiger partial charge in [-0.05, 0) is 43.2 Å². The van der Waals surface area contributed by atoms with Crippen molar-refractivity contribution in [2.45, 2.75) is 19.8 Å². The molecule has 2 rings (SSSR count). The third-order valence-corrected chi connectivity index (χ3v) is 3.68. The Labute approximate surface area is 157 Å². The predicted molar refractivity (Wildman–Crippen MR) is 101 cm³/mol. The van der Waals surface area contributed by atoms with Gasteiger partial charge in [-0.2, -0.15) is 0 Å². The first kappa shape index (κ1) is 20.0. The maximum Gasteiger partial charge on any atom is 0.303 e. The maximum absolute atomic E-state index is 12.3. The van der Waals surface area contributed by atoms with Gasteiger partial charge in [0.2, 0.25) is 5.91 Å². The van der Waals surface area contributed by atoms with Crippen molar-refractivity contribution >= 4 is 23.5 Å². The molecule has 0 unspecified atom stereocenters. The summed E-state index contributed by atoms with van der Waals surface area (Å²) in [5.74, 6) is -1.19. The highest BCUT2D eigenvalue weighted by Gasteiger charge is 2.13. The molecule has 0 atom stereocenters. The van der Waals surface area contributed by atoms with Gasteiger partial charge in [0.15, 0.2) is 0 Å². The Hall–Kier alpha value is -3.35. The SMILES string of the molecule is CCOc1ccccc1C(=O)NCC(=O)Nc1cccc(CCC(=O)O)c1. The highest BCUT2D eigenvalue weighted by molar-refractivity contribution is 6.00. The van der Waals surface area contributed by atoms with Gasteiger partial charge in [-0.1, -0.05) is 24.3 Å². The molecule has 27 heavy (non-hydrogen) atoms. The molecular weight excluding hydrogens is 348 g/mol. The van der Waals surface area contributed by atoms with E-state index in [1.165, 1.54) is 0 Å². The average Bonchev–Trinajstić information content (AvgIpc) is 2.65. The van der Waals surface area contributed by atoms with Crippen molar-refractivity contribution in [2.24, 2.45) is 0 Å². The first-order chi connectivity index (χ1) is 13.0. The molecule has 2 aromatic carbocycles. The first-order valence-corrected chi connectivity index (χ1v) is 8.60. The number of para-hydroxylation sites is 1.